The fraction of sp³-hybridized carbons (Fsp3) is 0.391. The number of para-hydroxylation sites is 1. The zero-order valence-corrected chi connectivity index (χ0v) is 16.6. The standard InChI is InChI=1S/C23H27N3O2/c1-17(23(28)26-12-11-20-5-3-4-6-22(20)26)24-13-15-25(16-14-24)21-9-7-19(8-10-21)18(2)27/h3-10,17H,11-16H2,1-2H3/p+1/t17-/m1/s1. The average Bonchev–Trinajstić information content (AvgIpc) is 3.17. The quantitative estimate of drug-likeness (QED) is 0.822. The summed E-state index contributed by atoms with van der Waals surface area (Å²) in [5.74, 6) is 0.329. The van der Waals surface area contributed by atoms with Gasteiger partial charge in [-0.3, -0.25) is 9.59 Å². The number of fused-ring (bicyclic) bond motifs is 1. The molecular weight excluding hydrogens is 350 g/mol. The van der Waals surface area contributed by atoms with Gasteiger partial charge in [0.15, 0.2) is 11.8 Å². The lowest BCUT2D eigenvalue weighted by molar-refractivity contribution is -0.914. The number of hydrogen-bond donors (Lipinski definition) is 1. The van der Waals surface area contributed by atoms with Crippen molar-refractivity contribution >= 4 is 23.1 Å². The molecule has 0 unspecified atom stereocenters. The summed E-state index contributed by atoms with van der Waals surface area (Å²) in [7, 11) is 0. The van der Waals surface area contributed by atoms with Crippen LogP contribution in [-0.4, -0.2) is 50.5 Å². The van der Waals surface area contributed by atoms with Crippen LogP contribution in [0.25, 0.3) is 0 Å². The predicted molar refractivity (Wildman–Crippen MR) is 111 cm³/mol. The molecule has 0 radical (unpaired) electrons. The number of quaternary nitrogens is 1. The van der Waals surface area contributed by atoms with Crippen LogP contribution in [0.3, 0.4) is 0 Å². The lowest BCUT2D eigenvalue weighted by Gasteiger charge is -2.37. The molecule has 5 heteroatoms. The molecule has 2 aliphatic heterocycles. The fourth-order valence-corrected chi connectivity index (χ4v) is 4.37. The van der Waals surface area contributed by atoms with Gasteiger partial charge in [-0.15, -0.1) is 0 Å². The average molecular weight is 378 g/mol. The largest absolute Gasteiger partial charge is 0.360 e. The van der Waals surface area contributed by atoms with Crippen LogP contribution in [-0.2, 0) is 11.2 Å². The first kappa shape index (κ1) is 18.7. The maximum atomic E-state index is 13.1. The summed E-state index contributed by atoms with van der Waals surface area (Å²) in [4.78, 5) is 30.2. The molecule has 0 saturated carbocycles. The lowest BCUT2D eigenvalue weighted by atomic mass is 10.1. The molecule has 1 saturated heterocycles. The molecule has 28 heavy (non-hydrogen) atoms. The summed E-state index contributed by atoms with van der Waals surface area (Å²) in [6.45, 7) is 8.17. The molecule has 0 aliphatic carbocycles. The summed E-state index contributed by atoms with van der Waals surface area (Å²) in [5.41, 5.74) is 4.26. The van der Waals surface area contributed by atoms with Crippen LogP contribution < -0.4 is 14.7 Å². The van der Waals surface area contributed by atoms with Gasteiger partial charge >= 0.3 is 0 Å². The molecule has 2 heterocycles. The van der Waals surface area contributed by atoms with Crippen molar-refractivity contribution in [1.82, 2.24) is 0 Å². The van der Waals surface area contributed by atoms with Crippen LogP contribution in [0.1, 0.15) is 29.8 Å². The van der Waals surface area contributed by atoms with Crippen molar-refractivity contribution < 1.29 is 14.5 Å². The summed E-state index contributed by atoms with van der Waals surface area (Å²) in [5, 5.41) is 0. The van der Waals surface area contributed by atoms with E-state index in [1.165, 1.54) is 10.5 Å². The Balaban J connectivity index is 1.37. The Morgan fingerprint density at radius 2 is 1.64 bits per heavy atom. The van der Waals surface area contributed by atoms with Gasteiger partial charge in [0.05, 0.1) is 26.2 Å². The predicted octanol–water partition coefficient (Wildman–Crippen LogP) is 1.57. The second kappa shape index (κ2) is 7.76. The molecule has 5 nitrogen and oxygen atoms in total. The first-order valence-corrected chi connectivity index (χ1v) is 10.1. The number of nitrogens with one attached hydrogen (secondary N) is 1. The Kier molecular flexibility index (Phi) is 5.18. The van der Waals surface area contributed by atoms with E-state index in [0.717, 1.165) is 56.1 Å². The van der Waals surface area contributed by atoms with Gasteiger partial charge in [-0.05, 0) is 56.2 Å². The van der Waals surface area contributed by atoms with Gasteiger partial charge in [-0.2, -0.15) is 0 Å². The van der Waals surface area contributed by atoms with Crippen LogP contribution in [0.15, 0.2) is 48.5 Å². The van der Waals surface area contributed by atoms with E-state index in [1.54, 1.807) is 6.92 Å². The van der Waals surface area contributed by atoms with Crippen molar-refractivity contribution in [1.29, 1.82) is 0 Å². The fourth-order valence-electron chi connectivity index (χ4n) is 4.37. The van der Waals surface area contributed by atoms with Crippen molar-refractivity contribution in [3.63, 3.8) is 0 Å². The Hall–Kier alpha value is -2.66. The Morgan fingerprint density at radius 3 is 2.32 bits per heavy atom. The summed E-state index contributed by atoms with van der Waals surface area (Å²) < 4.78 is 0. The number of nitrogens with zero attached hydrogens (tertiary/aromatic N) is 2. The normalized spacial score (nSPS) is 18.1. The Morgan fingerprint density at radius 1 is 0.964 bits per heavy atom. The molecule has 1 fully saturated rings. The number of piperazine rings is 1. The smallest absolute Gasteiger partial charge is 0.284 e. The van der Waals surface area contributed by atoms with Gasteiger partial charge < -0.3 is 14.7 Å². The number of anilines is 2. The van der Waals surface area contributed by atoms with E-state index in [1.807, 2.05) is 41.3 Å². The van der Waals surface area contributed by atoms with Crippen molar-refractivity contribution in [3.05, 3.63) is 59.7 Å². The molecule has 2 aromatic rings. The van der Waals surface area contributed by atoms with E-state index < -0.39 is 0 Å². The van der Waals surface area contributed by atoms with Crippen molar-refractivity contribution in [2.24, 2.45) is 0 Å². The zero-order chi connectivity index (χ0) is 19.7. The summed E-state index contributed by atoms with van der Waals surface area (Å²) in [6.07, 6.45) is 0.952. The van der Waals surface area contributed by atoms with Gasteiger partial charge in [-0.25, -0.2) is 0 Å². The third kappa shape index (κ3) is 3.54. The highest BCUT2D eigenvalue weighted by Gasteiger charge is 2.35. The highest BCUT2D eigenvalue weighted by Crippen LogP contribution is 2.27. The molecular formula is C23H28N3O2+. The third-order valence-corrected chi connectivity index (χ3v) is 6.18. The summed E-state index contributed by atoms with van der Waals surface area (Å²) in [6, 6.07) is 16.0. The first-order chi connectivity index (χ1) is 13.5. The van der Waals surface area contributed by atoms with E-state index in [4.69, 9.17) is 0 Å². The van der Waals surface area contributed by atoms with Gasteiger partial charge in [0, 0.05) is 23.5 Å². The molecule has 2 aliphatic rings. The van der Waals surface area contributed by atoms with E-state index in [9.17, 15) is 9.59 Å². The zero-order valence-electron chi connectivity index (χ0n) is 16.6. The Labute approximate surface area is 166 Å². The van der Waals surface area contributed by atoms with Gasteiger partial charge in [0.1, 0.15) is 0 Å². The highest BCUT2D eigenvalue weighted by atomic mass is 16.2. The van der Waals surface area contributed by atoms with Crippen LogP contribution >= 0.6 is 0 Å². The third-order valence-electron chi connectivity index (χ3n) is 6.18. The first-order valence-electron chi connectivity index (χ1n) is 10.1. The second-order valence-electron chi connectivity index (χ2n) is 7.84. The van der Waals surface area contributed by atoms with E-state index in [0.29, 0.717) is 0 Å². The number of ketones is 1. The minimum atomic E-state index is -0.0339. The number of hydrogen-bond acceptors (Lipinski definition) is 3. The van der Waals surface area contributed by atoms with E-state index in [2.05, 4.69) is 24.0 Å². The number of Topliss-reactive ketones (excluding diaryl/α,β-unsaturated/α-hetero) is 1. The maximum Gasteiger partial charge on any atom is 0.284 e. The number of amides is 1. The lowest BCUT2D eigenvalue weighted by Crippen LogP contribution is -3.19. The molecule has 1 amide bonds. The minimum Gasteiger partial charge on any atom is -0.360 e. The molecule has 2 aromatic carbocycles. The highest BCUT2D eigenvalue weighted by molar-refractivity contribution is 5.98. The number of carbonyl (C=O) groups excluding carboxylic acids is 2. The molecule has 0 spiro atoms. The van der Waals surface area contributed by atoms with Crippen molar-refractivity contribution in [2.75, 3.05) is 42.5 Å². The van der Waals surface area contributed by atoms with Crippen LogP contribution in [0.2, 0.25) is 0 Å². The van der Waals surface area contributed by atoms with Gasteiger partial charge in [0.25, 0.3) is 5.91 Å². The van der Waals surface area contributed by atoms with Crippen molar-refractivity contribution in [3.8, 4) is 0 Å². The number of benzene rings is 2. The number of carbonyl (C=O) groups is 2. The van der Waals surface area contributed by atoms with E-state index in [-0.39, 0.29) is 17.7 Å². The monoisotopic (exact) mass is 378 g/mol. The SMILES string of the molecule is CC(=O)c1ccc(N2CC[NH+]([C@H](C)C(=O)N3CCc4ccccc43)CC2)cc1. The topological polar surface area (TPSA) is 45.1 Å². The molecule has 4 rings (SSSR count). The molecule has 146 valence electrons. The molecule has 0 bridgehead atoms. The van der Waals surface area contributed by atoms with Crippen LogP contribution in [0, 0.1) is 0 Å². The van der Waals surface area contributed by atoms with Gasteiger partial charge in [-0.1, -0.05) is 18.2 Å². The second-order valence-corrected chi connectivity index (χ2v) is 7.84. The number of rotatable bonds is 4. The molecule has 0 aromatic heterocycles. The minimum absolute atomic E-state index is 0.0339. The van der Waals surface area contributed by atoms with E-state index >= 15 is 0 Å². The van der Waals surface area contributed by atoms with Crippen molar-refractivity contribution in [2.45, 2.75) is 26.3 Å². The summed E-state index contributed by atoms with van der Waals surface area (Å²) >= 11 is 0. The molecule has 1 atom stereocenters. The van der Waals surface area contributed by atoms with Crippen LogP contribution in [0.5, 0.6) is 0 Å². The molecule has 1 N–H and O–H groups in total. The maximum absolute atomic E-state index is 13.1. The van der Waals surface area contributed by atoms with Crippen LogP contribution in [0.4, 0.5) is 11.4 Å². The van der Waals surface area contributed by atoms with Gasteiger partial charge in [0.2, 0.25) is 0 Å². The Bertz CT molecular complexity index is 870.